The monoisotopic (exact) mass is 148 g/mol. The van der Waals surface area contributed by atoms with Crippen molar-refractivity contribution >= 4 is 11.4 Å². The molecule has 0 fully saturated rings. The predicted molar refractivity (Wildman–Crippen MR) is 34.8 cm³/mol. The number of rotatable bonds is 2. The molecule has 0 aliphatic carbocycles. The van der Waals surface area contributed by atoms with Crippen molar-refractivity contribution in [2.75, 3.05) is 6.61 Å². The fourth-order valence-electron chi connectivity index (χ4n) is 0.256. The van der Waals surface area contributed by atoms with Crippen LogP contribution in [0, 0.1) is 11.8 Å². The molecule has 0 aromatic carbocycles. The summed E-state index contributed by atoms with van der Waals surface area (Å²) in [5, 5.41) is 0. The molecule has 9 heavy (non-hydrogen) atoms. The van der Waals surface area contributed by atoms with Gasteiger partial charge in [0, 0.05) is 6.42 Å². The second-order valence-electron chi connectivity index (χ2n) is 1.19. The molecule has 0 aliphatic rings. The average molecular weight is 148 g/mol. The minimum atomic E-state index is -2.17. The van der Waals surface area contributed by atoms with E-state index in [4.69, 9.17) is 4.55 Å². The van der Waals surface area contributed by atoms with Crippen molar-refractivity contribution < 1.29 is 12.9 Å². The van der Waals surface area contributed by atoms with Gasteiger partial charge in [0.25, 0.3) is 0 Å². The molecule has 1 unspecified atom stereocenters. The largest absolute Gasteiger partial charge is 0.302 e. The third-order valence-corrected chi connectivity index (χ3v) is 0.853. The van der Waals surface area contributed by atoms with Gasteiger partial charge in [-0.25, -0.2) is 0 Å². The fourth-order valence-corrected chi connectivity index (χ4v) is 0.416. The maximum atomic E-state index is 9.78. The molecule has 0 aromatic heterocycles. The zero-order chi connectivity index (χ0) is 7.11. The molecule has 0 aromatic rings. The second-order valence-corrected chi connectivity index (χ2v) is 1.86. The van der Waals surface area contributed by atoms with Crippen LogP contribution in [-0.4, -0.2) is 15.4 Å². The van der Waals surface area contributed by atoms with Crippen molar-refractivity contribution in [1.82, 2.24) is 0 Å². The first-order valence-electron chi connectivity index (χ1n) is 2.47. The summed E-state index contributed by atoms with van der Waals surface area (Å²) in [5.41, 5.74) is 0. The molecular formula is C5H8O3S. The van der Waals surface area contributed by atoms with Crippen LogP contribution in [0.25, 0.3) is 0 Å². The van der Waals surface area contributed by atoms with E-state index < -0.39 is 11.4 Å². The molecule has 0 aliphatic heterocycles. The van der Waals surface area contributed by atoms with Crippen LogP contribution in [0.4, 0.5) is 0 Å². The molecule has 1 atom stereocenters. The van der Waals surface area contributed by atoms with Gasteiger partial charge in [-0.05, 0) is 0 Å². The molecule has 1 N–H and O–H groups in total. The lowest BCUT2D eigenvalue weighted by Gasteiger charge is -1.85. The normalized spacial score (nSPS) is 11.8. The van der Waals surface area contributed by atoms with Gasteiger partial charge < -0.3 is 0 Å². The van der Waals surface area contributed by atoms with Gasteiger partial charge in [-0.15, -0.1) is 5.92 Å². The van der Waals surface area contributed by atoms with Gasteiger partial charge in [-0.2, -0.15) is 4.21 Å². The number of hydrogen-bond donors (Lipinski definition) is 1. The molecule has 0 saturated heterocycles. The van der Waals surface area contributed by atoms with E-state index in [-0.39, 0.29) is 6.61 Å². The van der Waals surface area contributed by atoms with Gasteiger partial charge in [0.2, 0.25) is 0 Å². The van der Waals surface area contributed by atoms with Gasteiger partial charge in [-0.1, -0.05) is 12.8 Å². The summed E-state index contributed by atoms with van der Waals surface area (Å²) in [6.07, 6.45) is 0.738. The predicted octanol–water partition coefficient (Wildman–Crippen LogP) is 0.553. The highest BCUT2D eigenvalue weighted by Crippen LogP contribution is 1.76. The van der Waals surface area contributed by atoms with Crippen molar-refractivity contribution in [3.8, 4) is 11.8 Å². The fraction of sp³-hybridized carbons (Fsp3) is 0.600. The lowest BCUT2D eigenvalue weighted by Crippen LogP contribution is -1.93. The number of hydrogen-bond acceptors (Lipinski definition) is 2. The minimum absolute atomic E-state index is 0.0248. The summed E-state index contributed by atoms with van der Waals surface area (Å²) in [4.78, 5) is 0. The van der Waals surface area contributed by atoms with Crippen LogP contribution in [0.5, 0.6) is 0 Å². The van der Waals surface area contributed by atoms with E-state index in [1.807, 2.05) is 6.92 Å². The summed E-state index contributed by atoms with van der Waals surface area (Å²) < 4.78 is 22.0. The molecule has 0 saturated carbocycles. The van der Waals surface area contributed by atoms with Crippen molar-refractivity contribution in [1.29, 1.82) is 0 Å². The van der Waals surface area contributed by atoms with E-state index in [1.165, 1.54) is 0 Å². The maximum absolute atomic E-state index is 9.78. The molecular weight excluding hydrogens is 140 g/mol. The Hall–Kier alpha value is -0.370. The highest BCUT2D eigenvalue weighted by molar-refractivity contribution is 7.74. The topological polar surface area (TPSA) is 46.5 Å². The van der Waals surface area contributed by atoms with Crippen molar-refractivity contribution in [3.63, 3.8) is 0 Å². The molecule has 0 bridgehead atoms. The minimum Gasteiger partial charge on any atom is -0.284 e. The zero-order valence-electron chi connectivity index (χ0n) is 5.09. The quantitative estimate of drug-likeness (QED) is 0.459. The van der Waals surface area contributed by atoms with Gasteiger partial charge in [-0.3, -0.25) is 8.74 Å². The third kappa shape index (κ3) is 7.63. The summed E-state index contributed by atoms with van der Waals surface area (Å²) in [6, 6.07) is 0. The highest BCUT2D eigenvalue weighted by atomic mass is 32.2. The second kappa shape index (κ2) is 5.76. The molecule has 0 amide bonds. The lowest BCUT2D eigenvalue weighted by atomic mass is 10.5. The Morgan fingerprint density at radius 1 is 1.67 bits per heavy atom. The van der Waals surface area contributed by atoms with Crippen LogP contribution in [0.1, 0.15) is 13.3 Å². The van der Waals surface area contributed by atoms with E-state index in [0.717, 1.165) is 6.42 Å². The Kier molecular flexibility index (Phi) is 5.52. The zero-order valence-corrected chi connectivity index (χ0v) is 5.90. The van der Waals surface area contributed by atoms with Crippen LogP contribution in [0.15, 0.2) is 0 Å². The average Bonchev–Trinajstić information content (AvgIpc) is 1.80. The van der Waals surface area contributed by atoms with Crippen LogP contribution < -0.4 is 0 Å². The molecule has 0 radical (unpaired) electrons. The Balaban J connectivity index is 3.19. The Morgan fingerprint density at radius 2 is 2.33 bits per heavy atom. The van der Waals surface area contributed by atoms with E-state index >= 15 is 0 Å². The van der Waals surface area contributed by atoms with Gasteiger partial charge in [0.1, 0.15) is 6.61 Å². The van der Waals surface area contributed by atoms with Crippen LogP contribution in [0.3, 0.4) is 0 Å². The first-order chi connectivity index (χ1) is 4.27. The Morgan fingerprint density at radius 3 is 2.78 bits per heavy atom. The van der Waals surface area contributed by atoms with Crippen LogP contribution in [-0.2, 0) is 15.5 Å². The summed E-state index contributed by atoms with van der Waals surface area (Å²) in [7, 11) is 0. The van der Waals surface area contributed by atoms with Crippen LogP contribution >= 0.6 is 0 Å². The van der Waals surface area contributed by atoms with Crippen molar-refractivity contribution in [3.05, 3.63) is 0 Å². The molecule has 3 nitrogen and oxygen atoms in total. The molecule has 0 spiro atoms. The third-order valence-electron chi connectivity index (χ3n) is 0.534. The van der Waals surface area contributed by atoms with E-state index in [0.29, 0.717) is 0 Å². The summed E-state index contributed by atoms with van der Waals surface area (Å²) >= 11 is -2.17. The van der Waals surface area contributed by atoms with Crippen molar-refractivity contribution in [2.24, 2.45) is 0 Å². The van der Waals surface area contributed by atoms with E-state index in [2.05, 4.69) is 16.0 Å². The SMILES string of the molecule is CCC#CCOS(=O)O. The Labute approximate surface area is 56.9 Å². The molecule has 4 heteroatoms. The van der Waals surface area contributed by atoms with Gasteiger partial charge in [0.05, 0.1) is 0 Å². The standard InChI is InChI=1S/C5H8O3S/c1-2-3-4-5-8-9(6)7/h2,5H2,1H3,(H,6,7). The molecule has 52 valence electrons. The summed E-state index contributed by atoms with van der Waals surface area (Å²) in [6.45, 7) is 1.92. The van der Waals surface area contributed by atoms with Gasteiger partial charge in [0.15, 0.2) is 0 Å². The lowest BCUT2D eigenvalue weighted by molar-refractivity contribution is 0.348. The smallest absolute Gasteiger partial charge is 0.284 e. The first kappa shape index (κ1) is 8.63. The van der Waals surface area contributed by atoms with E-state index in [9.17, 15) is 4.21 Å². The molecule has 0 heterocycles. The maximum Gasteiger partial charge on any atom is 0.302 e. The Bertz CT molecular complexity index is 144. The summed E-state index contributed by atoms with van der Waals surface area (Å²) in [5.74, 6) is 5.22. The highest BCUT2D eigenvalue weighted by Gasteiger charge is 1.85. The van der Waals surface area contributed by atoms with Crippen LogP contribution in [0.2, 0.25) is 0 Å². The molecule has 0 rings (SSSR count). The first-order valence-corrected chi connectivity index (χ1v) is 3.50. The van der Waals surface area contributed by atoms with E-state index in [1.54, 1.807) is 0 Å². The van der Waals surface area contributed by atoms with Gasteiger partial charge >= 0.3 is 11.4 Å². The van der Waals surface area contributed by atoms with Crippen molar-refractivity contribution in [2.45, 2.75) is 13.3 Å².